The van der Waals surface area contributed by atoms with E-state index in [-0.39, 0.29) is 4.90 Å². The molecule has 0 spiro atoms. The molecule has 0 aliphatic rings. The summed E-state index contributed by atoms with van der Waals surface area (Å²) < 4.78 is 33.0. The molecule has 22 heavy (non-hydrogen) atoms. The minimum Gasteiger partial charge on any atom is -0.494 e. The normalized spacial score (nSPS) is 11.3. The molecule has 4 nitrogen and oxygen atoms in total. The van der Waals surface area contributed by atoms with E-state index in [0.717, 1.165) is 16.6 Å². The Balaban J connectivity index is 1.68. The molecule has 0 saturated heterocycles. The fourth-order valence-electron chi connectivity index (χ4n) is 1.79. The second-order valence-electron chi connectivity index (χ2n) is 4.64. The Labute approximate surface area is 139 Å². The van der Waals surface area contributed by atoms with E-state index in [0.29, 0.717) is 19.6 Å². The lowest BCUT2D eigenvalue weighted by Gasteiger charge is -2.08. The molecule has 2 rings (SSSR count). The van der Waals surface area contributed by atoms with Gasteiger partial charge in [0.1, 0.15) is 5.75 Å². The highest BCUT2D eigenvalue weighted by atomic mass is 79.9. The van der Waals surface area contributed by atoms with Gasteiger partial charge < -0.3 is 4.74 Å². The number of hydrogen-bond acceptors (Lipinski definition) is 3. The van der Waals surface area contributed by atoms with Crippen LogP contribution in [-0.2, 0) is 10.0 Å². The molecule has 0 amide bonds. The molecule has 0 bridgehead atoms. The fraction of sp³-hybridized carbons (Fsp3) is 0.250. The summed E-state index contributed by atoms with van der Waals surface area (Å²) in [5.41, 5.74) is 0. The number of sulfonamides is 1. The molecule has 0 aromatic heterocycles. The van der Waals surface area contributed by atoms with Crippen LogP contribution in [0.2, 0.25) is 0 Å². The van der Waals surface area contributed by atoms with Gasteiger partial charge in [-0.15, -0.1) is 0 Å². The minimum absolute atomic E-state index is 0.271. The van der Waals surface area contributed by atoms with E-state index in [1.54, 1.807) is 36.4 Å². The molecule has 0 heterocycles. The molecule has 117 valence electrons. The maximum Gasteiger partial charge on any atom is 0.240 e. The number of ether oxygens (including phenoxy) is 1. The van der Waals surface area contributed by atoms with Gasteiger partial charge in [-0.05, 0) is 55.3 Å². The van der Waals surface area contributed by atoms with Crippen LogP contribution in [0.25, 0.3) is 0 Å². The lowest BCUT2D eigenvalue weighted by atomic mass is 10.3. The van der Waals surface area contributed by atoms with E-state index in [1.165, 1.54) is 0 Å². The van der Waals surface area contributed by atoms with Crippen molar-refractivity contribution in [3.8, 4) is 5.75 Å². The smallest absolute Gasteiger partial charge is 0.240 e. The van der Waals surface area contributed by atoms with Crippen LogP contribution in [0.4, 0.5) is 0 Å². The second kappa shape index (κ2) is 8.31. The largest absolute Gasteiger partial charge is 0.494 e. The van der Waals surface area contributed by atoms with E-state index in [2.05, 4.69) is 26.7 Å². The standard InChI is InChI=1S/C16H17BrNO3S/c17-14-8-10-16(11-9-14)22(19,20)18-12-4-5-13-21-15-6-2-1-3-7-15/h2-3,6-11,18H,4-5,12-13H2. The van der Waals surface area contributed by atoms with Crippen molar-refractivity contribution in [2.75, 3.05) is 13.2 Å². The van der Waals surface area contributed by atoms with Gasteiger partial charge in [0.25, 0.3) is 0 Å². The number of benzene rings is 2. The van der Waals surface area contributed by atoms with Crippen molar-refractivity contribution in [3.05, 3.63) is 59.1 Å². The van der Waals surface area contributed by atoms with Crippen molar-refractivity contribution in [1.29, 1.82) is 0 Å². The van der Waals surface area contributed by atoms with Gasteiger partial charge in [-0.25, -0.2) is 13.1 Å². The Morgan fingerprint density at radius 2 is 1.73 bits per heavy atom. The monoisotopic (exact) mass is 382 g/mol. The predicted octanol–water partition coefficient (Wildman–Crippen LogP) is 3.39. The Hall–Kier alpha value is -1.37. The predicted molar refractivity (Wildman–Crippen MR) is 89.3 cm³/mol. The first-order valence-electron chi connectivity index (χ1n) is 6.92. The number of rotatable bonds is 8. The van der Waals surface area contributed by atoms with Crippen LogP contribution in [0, 0.1) is 6.07 Å². The molecule has 2 aromatic rings. The fourth-order valence-corrected chi connectivity index (χ4v) is 3.13. The Morgan fingerprint density at radius 1 is 1.05 bits per heavy atom. The first-order valence-corrected chi connectivity index (χ1v) is 9.20. The average molecular weight is 383 g/mol. The number of hydrogen-bond donors (Lipinski definition) is 1. The molecule has 6 heteroatoms. The summed E-state index contributed by atoms with van der Waals surface area (Å²) >= 11 is 3.28. The first-order chi connectivity index (χ1) is 10.6. The van der Waals surface area contributed by atoms with Crippen molar-refractivity contribution in [3.63, 3.8) is 0 Å². The van der Waals surface area contributed by atoms with E-state index in [4.69, 9.17) is 4.74 Å². The average Bonchev–Trinajstić information content (AvgIpc) is 2.52. The number of halogens is 1. The molecule has 0 saturated carbocycles. The third-order valence-corrected chi connectivity index (χ3v) is 4.95. The van der Waals surface area contributed by atoms with Gasteiger partial charge in [0.2, 0.25) is 10.0 Å². The van der Waals surface area contributed by atoms with Gasteiger partial charge >= 0.3 is 0 Å². The van der Waals surface area contributed by atoms with E-state index >= 15 is 0 Å². The first kappa shape index (κ1) is 17.0. The van der Waals surface area contributed by atoms with E-state index < -0.39 is 10.0 Å². The summed E-state index contributed by atoms with van der Waals surface area (Å²) in [5, 5.41) is 0. The van der Waals surface area contributed by atoms with E-state index in [9.17, 15) is 8.42 Å². The molecular formula is C16H17BrNO3S. The Kier molecular flexibility index (Phi) is 6.42. The molecule has 1 N–H and O–H groups in total. The van der Waals surface area contributed by atoms with Gasteiger partial charge in [0.05, 0.1) is 11.5 Å². The summed E-state index contributed by atoms with van der Waals surface area (Å²) in [5.74, 6) is 0.800. The molecule has 0 atom stereocenters. The van der Waals surface area contributed by atoms with Crippen LogP contribution >= 0.6 is 15.9 Å². The summed E-state index contributed by atoms with van der Waals surface area (Å²) in [7, 11) is -3.43. The lowest BCUT2D eigenvalue weighted by Crippen LogP contribution is -2.25. The molecule has 0 aliphatic carbocycles. The molecule has 0 aliphatic heterocycles. The molecular weight excluding hydrogens is 366 g/mol. The zero-order chi connectivity index (χ0) is 15.8. The summed E-state index contributed by atoms with van der Waals surface area (Å²) in [4.78, 5) is 0.271. The molecule has 0 fully saturated rings. The van der Waals surface area contributed by atoms with Crippen LogP contribution in [0.15, 0.2) is 57.9 Å². The summed E-state index contributed by atoms with van der Waals surface area (Å²) in [6.45, 7) is 0.953. The van der Waals surface area contributed by atoms with Crippen molar-refractivity contribution in [2.45, 2.75) is 17.7 Å². The molecule has 1 radical (unpaired) electrons. The zero-order valence-electron chi connectivity index (χ0n) is 12.0. The SMILES string of the molecule is O=S(=O)(NCCCCOc1cc[c]cc1)c1ccc(Br)cc1. The Morgan fingerprint density at radius 3 is 2.41 bits per heavy atom. The Bertz CT molecular complexity index is 672. The topological polar surface area (TPSA) is 55.4 Å². The van der Waals surface area contributed by atoms with Gasteiger partial charge in [-0.1, -0.05) is 28.1 Å². The van der Waals surface area contributed by atoms with Crippen molar-refractivity contribution in [1.82, 2.24) is 4.72 Å². The highest BCUT2D eigenvalue weighted by Gasteiger charge is 2.12. The quantitative estimate of drug-likeness (QED) is 0.711. The third kappa shape index (κ3) is 5.44. The van der Waals surface area contributed by atoms with Crippen molar-refractivity contribution in [2.24, 2.45) is 0 Å². The highest BCUT2D eigenvalue weighted by molar-refractivity contribution is 9.10. The van der Waals surface area contributed by atoms with Gasteiger partial charge in [-0.2, -0.15) is 0 Å². The lowest BCUT2D eigenvalue weighted by molar-refractivity contribution is 0.307. The van der Waals surface area contributed by atoms with Crippen LogP contribution in [-0.4, -0.2) is 21.6 Å². The summed E-state index contributed by atoms with van der Waals surface area (Å²) in [6, 6.07) is 16.8. The van der Waals surface area contributed by atoms with Gasteiger partial charge in [-0.3, -0.25) is 0 Å². The van der Waals surface area contributed by atoms with Crippen LogP contribution in [0.1, 0.15) is 12.8 Å². The minimum atomic E-state index is -3.43. The van der Waals surface area contributed by atoms with Crippen molar-refractivity contribution >= 4 is 26.0 Å². The van der Waals surface area contributed by atoms with Gasteiger partial charge in [0, 0.05) is 11.0 Å². The number of unbranched alkanes of at least 4 members (excludes halogenated alkanes) is 1. The van der Waals surface area contributed by atoms with Crippen LogP contribution < -0.4 is 9.46 Å². The maximum absolute atomic E-state index is 12.0. The zero-order valence-corrected chi connectivity index (χ0v) is 14.4. The second-order valence-corrected chi connectivity index (χ2v) is 7.33. The molecule has 2 aromatic carbocycles. The van der Waals surface area contributed by atoms with Crippen LogP contribution in [0.5, 0.6) is 5.75 Å². The maximum atomic E-state index is 12.0. The van der Waals surface area contributed by atoms with Crippen LogP contribution in [0.3, 0.4) is 0 Å². The van der Waals surface area contributed by atoms with Crippen molar-refractivity contribution < 1.29 is 13.2 Å². The van der Waals surface area contributed by atoms with Gasteiger partial charge in [0.15, 0.2) is 0 Å². The number of nitrogens with one attached hydrogen (secondary N) is 1. The summed E-state index contributed by atoms with van der Waals surface area (Å²) in [6.07, 6.45) is 1.50. The molecule has 0 unspecified atom stereocenters. The third-order valence-electron chi connectivity index (χ3n) is 2.94. The highest BCUT2D eigenvalue weighted by Crippen LogP contribution is 2.14. The van der Waals surface area contributed by atoms with E-state index in [1.807, 2.05) is 12.1 Å².